The van der Waals surface area contributed by atoms with Gasteiger partial charge in [-0.3, -0.25) is 0 Å². The van der Waals surface area contributed by atoms with Crippen LogP contribution < -0.4 is 5.32 Å². The van der Waals surface area contributed by atoms with Crippen LogP contribution in [0.25, 0.3) is 0 Å². The van der Waals surface area contributed by atoms with Crippen molar-refractivity contribution in [2.24, 2.45) is 5.41 Å². The van der Waals surface area contributed by atoms with Gasteiger partial charge in [0.25, 0.3) is 0 Å². The Balaban J connectivity index is 2.01. The molecule has 1 rings (SSSR count). The van der Waals surface area contributed by atoms with Gasteiger partial charge in [0.1, 0.15) is 0 Å². The second kappa shape index (κ2) is 3.38. The van der Waals surface area contributed by atoms with Crippen LogP contribution >= 0.6 is 0 Å². The molecule has 0 radical (unpaired) electrons. The Labute approximate surface area is 64.2 Å². The third kappa shape index (κ3) is 1.98. The van der Waals surface area contributed by atoms with Gasteiger partial charge < -0.3 is 5.32 Å². The monoisotopic (exact) mass is 141 g/mol. The fourth-order valence-corrected chi connectivity index (χ4v) is 1.60. The van der Waals surface area contributed by atoms with E-state index in [4.69, 9.17) is 0 Å². The van der Waals surface area contributed by atoms with E-state index >= 15 is 0 Å². The molecule has 60 valence electrons. The van der Waals surface area contributed by atoms with Gasteiger partial charge in [0, 0.05) is 0 Å². The van der Waals surface area contributed by atoms with Crippen molar-refractivity contribution in [3.8, 4) is 0 Å². The molecule has 1 N–H and O–H groups in total. The van der Waals surface area contributed by atoms with Crippen molar-refractivity contribution < 1.29 is 0 Å². The van der Waals surface area contributed by atoms with Crippen LogP contribution in [0.2, 0.25) is 0 Å². The molecule has 0 unspecified atom stereocenters. The first-order valence-corrected chi connectivity index (χ1v) is 4.47. The van der Waals surface area contributed by atoms with Crippen LogP contribution in [0.4, 0.5) is 0 Å². The fourth-order valence-electron chi connectivity index (χ4n) is 1.60. The highest BCUT2D eigenvalue weighted by atomic mass is 14.8. The highest BCUT2D eigenvalue weighted by molar-refractivity contribution is 4.91. The molecule has 0 spiro atoms. The molecule has 0 amide bonds. The van der Waals surface area contributed by atoms with E-state index in [2.05, 4.69) is 12.2 Å². The van der Waals surface area contributed by atoms with Gasteiger partial charge in [0.15, 0.2) is 0 Å². The minimum Gasteiger partial charge on any atom is -0.320 e. The Morgan fingerprint density at radius 1 is 1.40 bits per heavy atom. The number of rotatable bonds is 5. The Morgan fingerprint density at radius 3 is 2.50 bits per heavy atom. The number of hydrogen-bond acceptors (Lipinski definition) is 1. The average Bonchev–Trinajstić information content (AvgIpc) is 2.70. The number of nitrogens with one attached hydrogen (secondary N) is 1. The topological polar surface area (TPSA) is 12.0 Å². The summed E-state index contributed by atoms with van der Waals surface area (Å²) >= 11 is 0. The second-order valence-corrected chi connectivity index (χ2v) is 3.56. The highest BCUT2D eigenvalue weighted by Crippen LogP contribution is 2.52. The zero-order valence-corrected chi connectivity index (χ0v) is 7.24. The fraction of sp³-hybridized carbons (Fsp3) is 1.00. The normalized spacial score (nSPS) is 21.0. The van der Waals surface area contributed by atoms with E-state index in [-0.39, 0.29) is 0 Å². The van der Waals surface area contributed by atoms with Crippen LogP contribution in [0.3, 0.4) is 0 Å². The lowest BCUT2D eigenvalue weighted by molar-refractivity contribution is 0.430. The van der Waals surface area contributed by atoms with E-state index in [9.17, 15) is 0 Å². The summed E-state index contributed by atoms with van der Waals surface area (Å²) in [5.74, 6) is 0. The van der Waals surface area contributed by atoms with Gasteiger partial charge in [-0.05, 0) is 44.7 Å². The van der Waals surface area contributed by atoms with Gasteiger partial charge in [-0.2, -0.15) is 0 Å². The average molecular weight is 141 g/mol. The predicted octanol–water partition coefficient (Wildman–Crippen LogP) is 2.18. The Morgan fingerprint density at radius 2 is 2.10 bits per heavy atom. The smallest absolute Gasteiger partial charge is 0.00517 e. The summed E-state index contributed by atoms with van der Waals surface area (Å²) in [7, 11) is 2.03. The van der Waals surface area contributed by atoms with E-state index < -0.39 is 0 Å². The van der Waals surface area contributed by atoms with Crippen molar-refractivity contribution in [1.82, 2.24) is 5.32 Å². The van der Waals surface area contributed by atoms with E-state index in [0.717, 1.165) is 5.41 Å². The van der Waals surface area contributed by atoms with Crippen molar-refractivity contribution in [3.63, 3.8) is 0 Å². The molecule has 0 atom stereocenters. The summed E-state index contributed by atoms with van der Waals surface area (Å²) in [4.78, 5) is 0. The van der Waals surface area contributed by atoms with Crippen molar-refractivity contribution in [2.45, 2.75) is 39.0 Å². The summed E-state index contributed by atoms with van der Waals surface area (Å²) in [5, 5.41) is 3.19. The molecule has 1 saturated carbocycles. The van der Waals surface area contributed by atoms with Crippen LogP contribution in [0, 0.1) is 5.41 Å². The molecule has 1 nitrogen and oxygen atoms in total. The highest BCUT2D eigenvalue weighted by Gasteiger charge is 2.39. The standard InChI is InChI=1S/C9H19N/c1-3-9(6-7-9)5-4-8-10-2/h10H,3-8H2,1-2H3. The summed E-state index contributed by atoms with van der Waals surface area (Å²) < 4.78 is 0. The Hall–Kier alpha value is -0.0400. The summed E-state index contributed by atoms with van der Waals surface area (Å²) in [6.07, 6.45) is 7.20. The van der Waals surface area contributed by atoms with E-state index in [1.54, 1.807) is 0 Å². The quantitative estimate of drug-likeness (QED) is 0.579. The van der Waals surface area contributed by atoms with Crippen LogP contribution in [-0.2, 0) is 0 Å². The largest absolute Gasteiger partial charge is 0.320 e. The third-order valence-electron chi connectivity index (χ3n) is 2.84. The molecule has 0 saturated heterocycles. The van der Waals surface area contributed by atoms with E-state index in [0.29, 0.717) is 0 Å². The van der Waals surface area contributed by atoms with Gasteiger partial charge in [-0.25, -0.2) is 0 Å². The van der Waals surface area contributed by atoms with Crippen LogP contribution in [0.1, 0.15) is 39.0 Å². The van der Waals surface area contributed by atoms with Crippen LogP contribution in [0.5, 0.6) is 0 Å². The van der Waals surface area contributed by atoms with Crippen molar-refractivity contribution in [2.75, 3.05) is 13.6 Å². The summed E-state index contributed by atoms with van der Waals surface area (Å²) in [6.45, 7) is 3.52. The second-order valence-electron chi connectivity index (χ2n) is 3.56. The molecular formula is C9H19N. The molecule has 10 heavy (non-hydrogen) atoms. The van der Waals surface area contributed by atoms with Gasteiger partial charge in [-0.15, -0.1) is 0 Å². The van der Waals surface area contributed by atoms with Crippen molar-refractivity contribution >= 4 is 0 Å². The molecule has 1 aliphatic carbocycles. The Bertz CT molecular complexity index is 94.9. The Kier molecular flexibility index (Phi) is 2.72. The minimum atomic E-state index is 0.802. The van der Waals surface area contributed by atoms with Crippen molar-refractivity contribution in [1.29, 1.82) is 0 Å². The molecule has 0 aromatic heterocycles. The van der Waals surface area contributed by atoms with Gasteiger partial charge >= 0.3 is 0 Å². The lowest BCUT2D eigenvalue weighted by atomic mass is 9.97. The lowest BCUT2D eigenvalue weighted by Crippen LogP contribution is -2.10. The maximum atomic E-state index is 3.19. The molecule has 1 heteroatoms. The first kappa shape index (κ1) is 8.06. The molecule has 1 aliphatic rings. The van der Waals surface area contributed by atoms with Crippen LogP contribution in [0.15, 0.2) is 0 Å². The molecule has 0 heterocycles. The predicted molar refractivity (Wildman–Crippen MR) is 45.1 cm³/mol. The first-order chi connectivity index (χ1) is 4.83. The summed E-state index contributed by atoms with van der Waals surface area (Å²) in [5.41, 5.74) is 0.802. The molecule has 0 bridgehead atoms. The molecular weight excluding hydrogens is 122 g/mol. The maximum absolute atomic E-state index is 3.19. The lowest BCUT2D eigenvalue weighted by Gasteiger charge is -2.10. The number of hydrogen-bond donors (Lipinski definition) is 1. The zero-order chi connectivity index (χ0) is 7.45. The third-order valence-corrected chi connectivity index (χ3v) is 2.84. The van der Waals surface area contributed by atoms with Crippen molar-refractivity contribution in [3.05, 3.63) is 0 Å². The minimum absolute atomic E-state index is 0.802. The maximum Gasteiger partial charge on any atom is -0.00517 e. The molecule has 0 aromatic rings. The van der Waals surface area contributed by atoms with Gasteiger partial charge in [0.05, 0.1) is 0 Å². The SMILES string of the molecule is CCC1(CCCNC)CC1. The van der Waals surface area contributed by atoms with E-state index in [1.165, 1.54) is 38.6 Å². The molecule has 0 aliphatic heterocycles. The molecule has 0 aromatic carbocycles. The van der Waals surface area contributed by atoms with E-state index in [1.807, 2.05) is 7.05 Å². The summed E-state index contributed by atoms with van der Waals surface area (Å²) in [6, 6.07) is 0. The van der Waals surface area contributed by atoms with Gasteiger partial charge in [-0.1, -0.05) is 13.3 Å². The van der Waals surface area contributed by atoms with Gasteiger partial charge in [0.2, 0.25) is 0 Å². The van der Waals surface area contributed by atoms with Crippen LogP contribution in [-0.4, -0.2) is 13.6 Å². The molecule has 1 fully saturated rings. The first-order valence-electron chi connectivity index (χ1n) is 4.47. The zero-order valence-electron chi connectivity index (χ0n) is 7.24.